The number of aromatic nitrogens is 1. The van der Waals surface area contributed by atoms with Gasteiger partial charge in [0, 0.05) is 23.6 Å². The zero-order chi connectivity index (χ0) is 19.6. The number of methoxy groups -OCH3 is 2. The Kier molecular flexibility index (Phi) is 5.20. The molecule has 27 heavy (non-hydrogen) atoms. The molecular weight excluding hydrogens is 368 g/mol. The van der Waals surface area contributed by atoms with E-state index in [2.05, 4.69) is 9.71 Å². The molecule has 0 saturated heterocycles. The fourth-order valence-electron chi connectivity index (χ4n) is 2.82. The van der Waals surface area contributed by atoms with Gasteiger partial charge in [-0.25, -0.2) is 13.1 Å². The van der Waals surface area contributed by atoms with Crippen molar-refractivity contribution < 1.29 is 17.9 Å². The van der Waals surface area contributed by atoms with Crippen molar-refractivity contribution in [1.29, 1.82) is 0 Å². The molecule has 0 fully saturated rings. The molecule has 2 N–H and O–H groups in total. The first-order chi connectivity index (χ1) is 12.9. The van der Waals surface area contributed by atoms with Gasteiger partial charge in [-0.2, -0.15) is 0 Å². The summed E-state index contributed by atoms with van der Waals surface area (Å²) in [5.41, 5.74) is 1.13. The Morgan fingerprint density at radius 3 is 2.37 bits per heavy atom. The normalized spacial score (nSPS) is 11.5. The number of benzene rings is 2. The second-order valence-corrected chi connectivity index (χ2v) is 7.74. The van der Waals surface area contributed by atoms with Gasteiger partial charge in [0.05, 0.1) is 24.6 Å². The minimum Gasteiger partial charge on any atom is -0.493 e. The third-order valence-electron chi connectivity index (χ3n) is 4.26. The number of sulfonamides is 1. The predicted molar refractivity (Wildman–Crippen MR) is 103 cm³/mol. The summed E-state index contributed by atoms with van der Waals surface area (Å²) in [6.45, 7) is 1.59. The van der Waals surface area contributed by atoms with Crippen LogP contribution in [0.2, 0.25) is 0 Å². The molecule has 0 amide bonds. The molecule has 1 heterocycles. The van der Waals surface area contributed by atoms with E-state index in [0.717, 1.165) is 0 Å². The van der Waals surface area contributed by atoms with Gasteiger partial charge in [0.25, 0.3) is 5.56 Å². The summed E-state index contributed by atoms with van der Waals surface area (Å²) in [6.07, 6.45) is 0. The summed E-state index contributed by atoms with van der Waals surface area (Å²) in [5, 5.41) is 0.706. The quantitative estimate of drug-likeness (QED) is 0.675. The molecule has 0 bridgehead atoms. The number of hydrogen-bond donors (Lipinski definition) is 2. The number of aryl methyl sites for hydroxylation is 1. The lowest BCUT2D eigenvalue weighted by Crippen LogP contribution is -2.27. The lowest BCUT2D eigenvalue weighted by atomic mass is 10.1. The topological polar surface area (TPSA) is 97.5 Å². The van der Waals surface area contributed by atoms with E-state index >= 15 is 0 Å². The molecule has 3 rings (SSSR count). The predicted octanol–water partition coefficient (Wildman–Crippen LogP) is 2.33. The molecule has 0 radical (unpaired) electrons. The number of rotatable bonds is 6. The number of fused-ring (bicyclic) bond motifs is 1. The number of aromatic amines is 1. The molecule has 0 unspecified atom stereocenters. The van der Waals surface area contributed by atoms with Gasteiger partial charge in [0.1, 0.15) is 0 Å². The van der Waals surface area contributed by atoms with Crippen molar-refractivity contribution in [1.82, 2.24) is 9.71 Å². The average Bonchev–Trinajstić information content (AvgIpc) is 2.65. The largest absolute Gasteiger partial charge is 0.493 e. The highest BCUT2D eigenvalue weighted by Crippen LogP contribution is 2.31. The van der Waals surface area contributed by atoms with Crippen molar-refractivity contribution in [3.05, 3.63) is 63.9 Å². The van der Waals surface area contributed by atoms with Crippen molar-refractivity contribution in [2.45, 2.75) is 18.4 Å². The van der Waals surface area contributed by atoms with Crippen LogP contribution in [0.4, 0.5) is 0 Å². The molecule has 0 aliphatic heterocycles. The Hall–Kier alpha value is -2.84. The minimum atomic E-state index is -3.73. The molecule has 1 aromatic heterocycles. The van der Waals surface area contributed by atoms with Gasteiger partial charge in [-0.15, -0.1) is 0 Å². The van der Waals surface area contributed by atoms with E-state index in [-0.39, 0.29) is 17.0 Å². The molecule has 0 atom stereocenters. The first-order valence-corrected chi connectivity index (χ1v) is 9.67. The molecule has 0 spiro atoms. The molecule has 3 aromatic rings. The maximum absolute atomic E-state index is 12.5. The summed E-state index contributed by atoms with van der Waals surface area (Å²) in [4.78, 5) is 15.3. The average molecular weight is 388 g/mol. The molecule has 7 nitrogen and oxygen atoms in total. The number of hydrogen-bond acceptors (Lipinski definition) is 5. The number of pyridine rings is 1. The van der Waals surface area contributed by atoms with E-state index in [1.165, 1.54) is 20.3 Å². The van der Waals surface area contributed by atoms with Crippen molar-refractivity contribution in [2.75, 3.05) is 14.2 Å². The van der Waals surface area contributed by atoms with E-state index in [0.29, 0.717) is 33.5 Å². The minimum absolute atomic E-state index is 0.129. The number of ether oxygens (including phenoxy) is 2. The summed E-state index contributed by atoms with van der Waals surface area (Å²) in [6, 6.07) is 11.7. The summed E-state index contributed by atoms with van der Waals surface area (Å²) >= 11 is 0. The fraction of sp³-hybridized carbons (Fsp3) is 0.211. The Morgan fingerprint density at radius 1 is 1.04 bits per heavy atom. The summed E-state index contributed by atoms with van der Waals surface area (Å²) in [7, 11) is -0.699. The van der Waals surface area contributed by atoms with Crippen LogP contribution in [0, 0.1) is 6.92 Å². The lowest BCUT2D eigenvalue weighted by molar-refractivity contribution is 0.356. The maximum Gasteiger partial charge on any atom is 0.252 e. The van der Waals surface area contributed by atoms with Gasteiger partial charge in [0.15, 0.2) is 11.5 Å². The Balaban J connectivity index is 1.94. The monoisotopic (exact) mass is 388 g/mol. The molecular formula is C19H20N2O5S. The second-order valence-electron chi connectivity index (χ2n) is 6.01. The van der Waals surface area contributed by atoms with Crippen LogP contribution in [-0.4, -0.2) is 27.6 Å². The highest BCUT2D eigenvalue weighted by molar-refractivity contribution is 7.89. The lowest BCUT2D eigenvalue weighted by Gasteiger charge is -2.11. The maximum atomic E-state index is 12.5. The van der Waals surface area contributed by atoms with Crippen LogP contribution >= 0.6 is 0 Å². The molecule has 142 valence electrons. The highest BCUT2D eigenvalue weighted by Gasteiger charge is 2.17. The van der Waals surface area contributed by atoms with Gasteiger partial charge < -0.3 is 14.5 Å². The molecule has 0 aliphatic rings. The third kappa shape index (κ3) is 3.81. The number of H-pyrrole nitrogens is 1. The Labute approximate surface area is 157 Å². The zero-order valence-electron chi connectivity index (χ0n) is 15.2. The van der Waals surface area contributed by atoms with Crippen molar-refractivity contribution in [2.24, 2.45) is 0 Å². The van der Waals surface area contributed by atoms with Crippen LogP contribution in [0.1, 0.15) is 11.1 Å². The van der Waals surface area contributed by atoms with Crippen molar-refractivity contribution in [3.8, 4) is 11.5 Å². The van der Waals surface area contributed by atoms with Crippen LogP contribution in [0.5, 0.6) is 11.5 Å². The highest BCUT2D eigenvalue weighted by atomic mass is 32.2. The molecule has 0 aliphatic carbocycles. The third-order valence-corrected chi connectivity index (χ3v) is 5.82. The van der Waals surface area contributed by atoms with Gasteiger partial charge in [0.2, 0.25) is 10.0 Å². The van der Waals surface area contributed by atoms with E-state index in [1.54, 1.807) is 43.3 Å². The van der Waals surface area contributed by atoms with Gasteiger partial charge in [-0.1, -0.05) is 18.2 Å². The van der Waals surface area contributed by atoms with Crippen molar-refractivity contribution >= 4 is 20.9 Å². The zero-order valence-corrected chi connectivity index (χ0v) is 16.0. The van der Waals surface area contributed by atoms with E-state index in [1.807, 2.05) is 0 Å². The van der Waals surface area contributed by atoms with Crippen LogP contribution < -0.4 is 19.8 Å². The Bertz CT molecular complexity index is 1150. The van der Waals surface area contributed by atoms with Crippen molar-refractivity contribution in [3.63, 3.8) is 0 Å². The first kappa shape index (κ1) is 18.9. The van der Waals surface area contributed by atoms with Gasteiger partial charge in [-0.3, -0.25) is 4.79 Å². The van der Waals surface area contributed by atoms with Gasteiger partial charge >= 0.3 is 0 Å². The first-order valence-electron chi connectivity index (χ1n) is 8.19. The van der Waals surface area contributed by atoms with Crippen LogP contribution in [-0.2, 0) is 16.6 Å². The fourth-order valence-corrected chi connectivity index (χ4v) is 4.07. The summed E-state index contributed by atoms with van der Waals surface area (Å²) in [5.74, 6) is 1.01. The standard InChI is InChI=1S/C19H20N2O5S/c1-12-6-4-5-7-18(12)27(23,24)20-11-14-8-13-9-16(25-2)17(26-3)10-15(13)21-19(14)22/h4-10,20H,11H2,1-3H3,(H,21,22). The number of nitrogens with one attached hydrogen (secondary N) is 2. The van der Waals surface area contributed by atoms with E-state index in [9.17, 15) is 13.2 Å². The Morgan fingerprint density at radius 2 is 1.70 bits per heavy atom. The van der Waals surface area contributed by atoms with E-state index < -0.39 is 10.0 Å². The molecule has 8 heteroatoms. The summed E-state index contributed by atoms with van der Waals surface area (Å²) < 4.78 is 38.0. The van der Waals surface area contributed by atoms with Gasteiger partial charge in [-0.05, 0) is 30.7 Å². The SMILES string of the molecule is COc1cc2cc(CNS(=O)(=O)c3ccccc3C)c(=O)[nH]c2cc1OC. The van der Waals surface area contributed by atoms with Crippen LogP contribution in [0.25, 0.3) is 10.9 Å². The van der Waals surface area contributed by atoms with Crippen LogP contribution in [0.3, 0.4) is 0 Å². The van der Waals surface area contributed by atoms with E-state index in [4.69, 9.17) is 9.47 Å². The second kappa shape index (κ2) is 7.42. The van der Waals surface area contributed by atoms with Crippen LogP contribution in [0.15, 0.2) is 52.2 Å². The smallest absolute Gasteiger partial charge is 0.252 e. The molecule has 2 aromatic carbocycles. The molecule has 0 saturated carbocycles.